The number of rotatable bonds is 5. The Hall–Kier alpha value is -1.68. The summed E-state index contributed by atoms with van der Waals surface area (Å²) in [6, 6.07) is 9.71. The minimum Gasteiger partial charge on any atom is -0.340 e. The Morgan fingerprint density at radius 2 is 1.62 bits per heavy atom. The van der Waals surface area contributed by atoms with Crippen LogP contribution in [0.15, 0.2) is 30.3 Å². The van der Waals surface area contributed by atoms with Gasteiger partial charge in [-0.15, -0.1) is 0 Å². The summed E-state index contributed by atoms with van der Waals surface area (Å²) < 4.78 is 0. The van der Waals surface area contributed by atoms with Crippen LogP contribution in [0.1, 0.15) is 37.0 Å². The van der Waals surface area contributed by atoms with Crippen molar-refractivity contribution in [2.45, 2.75) is 32.7 Å². The van der Waals surface area contributed by atoms with Crippen molar-refractivity contribution in [2.24, 2.45) is 0 Å². The zero-order valence-electron chi connectivity index (χ0n) is 12.9. The summed E-state index contributed by atoms with van der Waals surface area (Å²) in [5, 5.41) is 0. The van der Waals surface area contributed by atoms with E-state index in [0.717, 1.165) is 26.2 Å². The maximum atomic E-state index is 12.2. The lowest BCUT2D eigenvalue weighted by Crippen LogP contribution is -2.50. The highest BCUT2D eigenvalue weighted by Crippen LogP contribution is 2.10. The van der Waals surface area contributed by atoms with Gasteiger partial charge in [-0.1, -0.05) is 30.3 Å². The molecule has 1 aliphatic rings. The summed E-state index contributed by atoms with van der Waals surface area (Å²) in [5.41, 5.74) is 0.690. The smallest absolute Gasteiger partial charge is 0.223 e. The summed E-state index contributed by atoms with van der Waals surface area (Å²) in [4.78, 5) is 28.4. The number of hydrogen-bond acceptors (Lipinski definition) is 3. The monoisotopic (exact) mass is 288 g/mol. The van der Waals surface area contributed by atoms with Gasteiger partial charge in [0, 0.05) is 50.6 Å². The lowest BCUT2D eigenvalue weighted by Gasteiger charge is -2.37. The number of amides is 1. The fraction of sp³-hybridized carbons (Fsp3) is 0.529. The Morgan fingerprint density at radius 1 is 1.00 bits per heavy atom. The van der Waals surface area contributed by atoms with Crippen LogP contribution in [0.5, 0.6) is 0 Å². The minimum absolute atomic E-state index is 0.0461. The predicted octanol–water partition coefficient (Wildman–Crippen LogP) is 2.20. The maximum Gasteiger partial charge on any atom is 0.223 e. The van der Waals surface area contributed by atoms with Gasteiger partial charge in [0.25, 0.3) is 0 Å². The number of hydrogen-bond donors (Lipinski definition) is 0. The van der Waals surface area contributed by atoms with Gasteiger partial charge in [-0.25, -0.2) is 0 Å². The van der Waals surface area contributed by atoms with Crippen LogP contribution < -0.4 is 0 Å². The summed E-state index contributed by atoms with van der Waals surface area (Å²) >= 11 is 0. The molecule has 0 radical (unpaired) electrons. The van der Waals surface area contributed by atoms with Gasteiger partial charge in [0.1, 0.15) is 0 Å². The molecule has 2 rings (SSSR count). The van der Waals surface area contributed by atoms with Crippen LogP contribution in [0.3, 0.4) is 0 Å². The van der Waals surface area contributed by atoms with E-state index in [2.05, 4.69) is 18.7 Å². The number of carbonyl (C=O) groups excluding carboxylic acids is 2. The van der Waals surface area contributed by atoms with Gasteiger partial charge < -0.3 is 4.90 Å². The van der Waals surface area contributed by atoms with Crippen LogP contribution in [0.25, 0.3) is 0 Å². The molecule has 0 N–H and O–H groups in total. The molecule has 0 atom stereocenters. The maximum absolute atomic E-state index is 12.2. The Balaban J connectivity index is 1.77. The summed E-state index contributed by atoms with van der Waals surface area (Å²) in [6.45, 7) is 7.76. The van der Waals surface area contributed by atoms with Crippen molar-refractivity contribution in [3.8, 4) is 0 Å². The SMILES string of the molecule is CC(C)N1CCN(C(=O)CCC(=O)c2ccccc2)CC1. The van der Waals surface area contributed by atoms with Crippen molar-refractivity contribution < 1.29 is 9.59 Å². The van der Waals surface area contributed by atoms with Crippen LogP contribution >= 0.6 is 0 Å². The standard InChI is InChI=1S/C17H24N2O2/c1-14(2)18-10-12-19(13-11-18)17(21)9-8-16(20)15-6-4-3-5-7-15/h3-7,14H,8-13H2,1-2H3. The first-order chi connectivity index (χ1) is 10.1. The van der Waals surface area contributed by atoms with Crippen molar-refractivity contribution >= 4 is 11.7 Å². The molecule has 0 unspecified atom stereocenters. The van der Waals surface area contributed by atoms with Gasteiger partial charge in [-0.3, -0.25) is 14.5 Å². The van der Waals surface area contributed by atoms with Crippen molar-refractivity contribution in [3.63, 3.8) is 0 Å². The first-order valence-corrected chi connectivity index (χ1v) is 7.68. The van der Waals surface area contributed by atoms with Crippen LogP contribution in [0, 0.1) is 0 Å². The van der Waals surface area contributed by atoms with Crippen LogP contribution in [0.4, 0.5) is 0 Å². The number of Topliss-reactive ketones (excluding diaryl/α,β-unsaturated/α-hetero) is 1. The van der Waals surface area contributed by atoms with Gasteiger partial charge in [0.05, 0.1) is 0 Å². The molecule has 4 nitrogen and oxygen atoms in total. The largest absolute Gasteiger partial charge is 0.340 e. The van der Waals surface area contributed by atoms with E-state index in [4.69, 9.17) is 0 Å². The van der Waals surface area contributed by atoms with Gasteiger partial charge >= 0.3 is 0 Å². The number of ketones is 1. The molecule has 0 bridgehead atoms. The topological polar surface area (TPSA) is 40.6 Å². The molecule has 1 amide bonds. The summed E-state index contributed by atoms with van der Waals surface area (Å²) in [5.74, 6) is 0.146. The number of nitrogens with zero attached hydrogens (tertiary/aromatic N) is 2. The molecule has 1 fully saturated rings. The Morgan fingerprint density at radius 3 is 2.19 bits per heavy atom. The molecular formula is C17H24N2O2. The second kappa shape index (κ2) is 7.36. The van der Waals surface area contributed by atoms with Gasteiger partial charge in [-0.05, 0) is 13.8 Å². The first-order valence-electron chi connectivity index (χ1n) is 7.68. The molecule has 0 aromatic heterocycles. The molecule has 0 saturated carbocycles. The summed E-state index contributed by atoms with van der Waals surface area (Å²) in [7, 11) is 0. The van der Waals surface area contributed by atoms with E-state index in [1.165, 1.54) is 0 Å². The van der Waals surface area contributed by atoms with Crippen molar-refractivity contribution in [1.29, 1.82) is 0 Å². The molecule has 1 aromatic rings. The minimum atomic E-state index is 0.0461. The number of benzene rings is 1. The van der Waals surface area contributed by atoms with Crippen LogP contribution in [0.2, 0.25) is 0 Å². The van der Waals surface area contributed by atoms with E-state index in [1.54, 1.807) is 12.1 Å². The zero-order valence-corrected chi connectivity index (χ0v) is 12.9. The fourth-order valence-electron chi connectivity index (χ4n) is 2.63. The molecule has 1 saturated heterocycles. The highest BCUT2D eigenvalue weighted by molar-refractivity contribution is 5.97. The van der Waals surface area contributed by atoms with Gasteiger partial charge in [0.2, 0.25) is 5.91 Å². The van der Waals surface area contributed by atoms with Gasteiger partial charge in [-0.2, -0.15) is 0 Å². The lowest BCUT2D eigenvalue weighted by atomic mass is 10.1. The first kappa shape index (κ1) is 15.7. The van der Waals surface area contributed by atoms with Gasteiger partial charge in [0.15, 0.2) is 5.78 Å². The molecule has 4 heteroatoms. The molecule has 0 aliphatic carbocycles. The molecule has 21 heavy (non-hydrogen) atoms. The molecule has 1 aliphatic heterocycles. The van der Waals surface area contributed by atoms with E-state index >= 15 is 0 Å². The van der Waals surface area contributed by atoms with E-state index in [-0.39, 0.29) is 11.7 Å². The normalized spacial score (nSPS) is 16.2. The molecule has 1 heterocycles. The van der Waals surface area contributed by atoms with Crippen LogP contribution in [-0.2, 0) is 4.79 Å². The average Bonchev–Trinajstić information content (AvgIpc) is 2.53. The lowest BCUT2D eigenvalue weighted by molar-refractivity contribution is -0.133. The van der Waals surface area contributed by atoms with E-state index < -0.39 is 0 Å². The molecule has 0 spiro atoms. The highest BCUT2D eigenvalue weighted by Gasteiger charge is 2.22. The third kappa shape index (κ3) is 4.39. The van der Waals surface area contributed by atoms with E-state index in [0.29, 0.717) is 24.4 Å². The Kier molecular flexibility index (Phi) is 5.51. The Bertz CT molecular complexity index is 477. The second-order valence-electron chi connectivity index (χ2n) is 5.80. The zero-order chi connectivity index (χ0) is 15.2. The Labute approximate surface area is 126 Å². The molecular weight excluding hydrogens is 264 g/mol. The third-order valence-corrected chi connectivity index (χ3v) is 4.06. The third-order valence-electron chi connectivity index (χ3n) is 4.06. The van der Waals surface area contributed by atoms with E-state index in [1.807, 2.05) is 23.1 Å². The summed E-state index contributed by atoms with van der Waals surface area (Å²) in [6.07, 6.45) is 0.614. The van der Waals surface area contributed by atoms with Crippen LogP contribution in [-0.4, -0.2) is 53.7 Å². The quantitative estimate of drug-likeness (QED) is 0.780. The number of piperazine rings is 1. The molecule has 1 aromatic carbocycles. The predicted molar refractivity (Wildman–Crippen MR) is 83.3 cm³/mol. The van der Waals surface area contributed by atoms with Crippen molar-refractivity contribution in [1.82, 2.24) is 9.80 Å². The highest BCUT2D eigenvalue weighted by atomic mass is 16.2. The van der Waals surface area contributed by atoms with E-state index in [9.17, 15) is 9.59 Å². The molecule has 114 valence electrons. The van der Waals surface area contributed by atoms with Crippen molar-refractivity contribution in [3.05, 3.63) is 35.9 Å². The average molecular weight is 288 g/mol. The second-order valence-corrected chi connectivity index (χ2v) is 5.80. The fourth-order valence-corrected chi connectivity index (χ4v) is 2.63. The number of carbonyl (C=O) groups is 2. The van der Waals surface area contributed by atoms with Crippen molar-refractivity contribution in [2.75, 3.05) is 26.2 Å².